The second-order valence-corrected chi connectivity index (χ2v) is 8.41. The van der Waals surface area contributed by atoms with Gasteiger partial charge in [0.05, 0.1) is 0 Å². The fourth-order valence-electron chi connectivity index (χ4n) is 4.56. The van der Waals surface area contributed by atoms with Gasteiger partial charge in [0.15, 0.2) is 5.78 Å². The van der Waals surface area contributed by atoms with Crippen molar-refractivity contribution in [2.75, 3.05) is 19.6 Å². The van der Waals surface area contributed by atoms with Gasteiger partial charge in [0, 0.05) is 23.9 Å². The van der Waals surface area contributed by atoms with Crippen LogP contribution in [0.3, 0.4) is 0 Å². The first kappa shape index (κ1) is 21.0. The van der Waals surface area contributed by atoms with Gasteiger partial charge >= 0.3 is 0 Å². The molecule has 1 aromatic rings. The molecule has 0 unspecified atom stereocenters. The predicted molar refractivity (Wildman–Crippen MR) is 109 cm³/mol. The second-order valence-electron chi connectivity index (χ2n) is 8.41. The molecule has 1 aliphatic carbocycles. The highest BCUT2D eigenvalue weighted by molar-refractivity contribution is 5.97. The van der Waals surface area contributed by atoms with Gasteiger partial charge in [-0.05, 0) is 94.8 Å². The van der Waals surface area contributed by atoms with E-state index in [0.717, 1.165) is 51.2 Å². The molecule has 28 heavy (non-hydrogen) atoms. The van der Waals surface area contributed by atoms with Gasteiger partial charge in [0.1, 0.15) is 5.82 Å². The van der Waals surface area contributed by atoms with Gasteiger partial charge in [-0.1, -0.05) is 6.92 Å². The minimum atomic E-state index is -0.298. The van der Waals surface area contributed by atoms with Crippen LogP contribution in [0.5, 0.6) is 0 Å². The third kappa shape index (κ3) is 5.87. The van der Waals surface area contributed by atoms with E-state index in [9.17, 15) is 14.0 Å². The molecule has 1 N–H and O–H groups in total. The number of likely N-dealkylation sites (tertiary alicyclic amines) is 1. The third-order valence-corrected chi connectivity index (χ3v) is 6.47. The van der Waals surface area contributed by atoms with Crippen molar-refractivity contribution < 1.29 is 14.0 Å². The normalized spacial score (nSPS) is 24.1. The zero-order chi connectivity index (χ0) is 19.9. The Hall–Kier alpha value is -1.75. The monoisotopic (exact) mass is 388 g/mol. The Morgan fingerprint density at radius 3 is 2.29 bits per heavy atom. The minimum Gasteiger partial charge on any atom is -0.353 e. The summed E-state index contributed by atoms with van der Waals surface area (Å²) in [7, 11) is 0. The fourth-order valence-corrected chi connectivity index (χ4v) is 4.56. The Balaban J connectivity index is 1.34. The van der Waals surface area contributed by atoms with Gasteiger partial charge in [-0.3, -0.25) is 9.59 Å². The van der Waals surface area contributed by atoms with E-state index in [0.29, 0.717) is 18.0 Å². The van der Waals surface area contributed by atoms with Crippen molar-refractivity contribution in [2.24, 2.45) is 11.8 Å². The van der Waals surface area contributed by atoms with Gasteiger partial charge in [0.2, 0.25) is 5.91 Å². The summed E-state index contributed by atoms with van der Waals surface area (Å²) in [5.41, 5.74) is 0.631. The molecule has 3 rings (SSSR count). The average Bonchev–Trinajstić information content (AvgIpc) is 2.73. The van der Waals surface area contributed by atoms with Crippen molar-refractivity contribution in [3.05, 3.63) is 35.6 Å². The molecule has 0 bridgehead atoms. The highest BCUT2D eigenvalue weighted by Gasteiger charge is 2.27. The van der Waals surface area contributed by atoms with Crippen molar-refractivity contribution in [3.8, 4) is 0 Å². The predicted octanol–water partition coefficient (Wildman–Crippen LogP) is 4.20. The standard InChI is InChI=1S/C23H33FN2O2/c1-2-22(27)25-21-9-3-17(4-10-21)11-14-26-15-12-19(13-16-26)23(28)18-5-7-20(24)8-6-18/h5-8,17,19,21H,2-4,9-16H2,1H3,(H,25,27). The van der Waals surface area contributed by atoms with E-state index in [4.69, 9.17) is 0 Å². The van der Waals surface area contributed by atoms with E-state index >= 15 is 0 Å². The number of amides is 1. The van der Waals surface area contributed by atoms with Crippen LogP contribution in [0.2, 0.25) is 0 Å². The molecule has 5 heteroatoms. The number of benzene rings is 1. The van der Waals surface area contributed by atoms with Gasteiger partial charge in [-0.15, -0.1) is 0 Å². The number of Topliss-reactive ketones (excluding diaryl/α,β-unsaturated/α-hetero) is 1. The first-order chi connectivity index (χ1) is 13.5. The molecule has 1 aliphatic heterocycles. The van der Waals surface area contributed by atoms with E-state index in [2.05, 4.69) is 10.2 Å². The summed E-state index contributed by atoms with van der Waals surface area (Å²) in [5, 5.41) is 3.12. The van der Waals surface area contributed by atoms with Crippen LogP contribution >= 0.6 is 0 Å². The number of halogens is 1. The van der Waals surface area contributed by atoms with Crippen LogP contribution in [0.4, 0.5) is 4.39 Å². The van der Waals surface area contributed by atoms with Crippen LogP contribution in [0.15, 0.2) is 24.3 Å². The summed E-state index contributed by atoms with van der Waals surface area (Å²) in [6.07, 6.45) is 8.18. The summed E-state index contributed by atoms with van der Waals surface area (Å²) in [6.45, 7) is 4.95. The van der Waals surface area contributed by atoms with Crippen LogP contribution in [0.25, 0.3) is 0 Å². The van der Waals surface area contributed by atoms with Gasteiger partial charge in [0.25, 0.3) is 0 Å². The molecule has 0 atom stereocenters. The molecule has 2 aliphatic rings. The van der Waals surface area contributed by atoms with Crippen molar-refractivity contribution in [3.63, 3.8) is 0 Å². The Kier molecular flexibility index (Phi) is 7.60. The SMILES string of the molecule is CCC(=O)NC1CCC(CCN2CCC(C(=O)c3ccc(F)cc3)CC2)CC1. The summed E-state index contributed by atoms with van der Waals surface area (Å²) in [5.74, 6) is 0.856. The van der Waals surface area contributed by atoms with Crippen molar-refractivity contribution in [1.29, 1.82) is 0 Å². The number of rotatable bonds is 7. The number of hydrogen-bond donors (Lipinski definition) is 1. The molecule has 1 saturated carbocycles. The maximum atomic E-state index is 13.0. The maximum absolute atomic E-state index is 13.0. The summed E-state index contributed by atoms with van der Waals surface area (Å²) in [6, 6.07) is 6.30. The van der Waals surface area contributed by atoms with Gasteiger partial charge in [-0.25, -0.2) is 4.39 Å². The quantitative estimate of drug-likeness (QED) is 0.713. The van der Waals surface area contributed by atoms with Gasteiger partial charge in [-0.2, -0.15) is 0 Å². The number of hydrogen-bond acceptors (Lipinski definition) is 3. The molecular formula is C23H33FN2O2. The van der Waals surface area contributed by atoms with Crippen molar-refractivity contribution in [1.82, 2.24) is 10.2 Å². The van der Waals surface area contributed by atoms with Crippen molar-refractivity contribution >= 4 is 11.7 Å². The molecule has 154 valence electrons. The molecular weight excluding hydrogens is 355 g/mol. The lowest BCUT2D eigenvalue weighted by Crippen LogP contribution is -2.39. The van der Waals surface area contributed by atoms with E-state index in [1.165, 1.54) is 31.4 Å². The number of ketones is 1. The fraction of sp³-hybridized carbons (Fsp3) is 0.652. The smallest absolute Gasteiger partial charge is 0.219 e. The van der Waals surface area contributed by atoms with E-state index in [1.54, 1.807) is 12.1 Å². The van der Waals surface area contributed by atoms with Crippen LogP contribution in [0.1, 0.15) is 68.6 Å². The van der Waals surface area contributed by atoms with Gasteiger partial charge < -0.3 is 10.2 Å². The molecule has 1 heterocycles. The van der Waals surface area contributed by atoms with E-state index in [1.807, 2.05) is 6.92 Å². The van der Waals surface area contributed by atoms with Crippen molar-refractivity contribution in [2.45, 2.75) is 64.3 Å². The Morgan fingerprint density at radius 2 is 1.68 bits per heavy atom. The molecule has 0 aromatic heterocycles. The highest BCUT2D eigenvalue weighted by atomic mass is 19.1. The van der Waals surface area contributed by atoms with Crippen LogP contribution < -0.4 is 5.32 Å². The highest BCUT2D eigenvalue weighted by Crippen LogP contribution is 2.28. The second kappa shape index (κ2) is 10.1. The molecule has 1 saturated heterocycles. The number of nitrogens with zero attached hydrogens (tertiary/aromatic N) is 1. The number of carbonyl (C=O) groups excluding carboxylic acids is 2. The van der Waals surface area contributed by atoms with E-state index in [-0.39, 0.29) is 23.4 Å². The first-order valence-electron chi connectivity index (χ1n) is 10.9. The zero-order valence-electron chi connectivity index (χ0n) is 17.0. The van der Waals surface area contributed by atoms with Crippen LogP contribution in [0, 0.1) is 17.7 Å². The lowest BCUT2D eigenvalue weighted by atomic mass is 9.83. The molecule has 4 nitrogen and oxygen atoms in total. The molecule has 1 amide bonds. The van der Waals surface area contributed by atoms with Crippen LogP contribution in [-0.2, 0) is 4.79 Å². The third-order valence-electron chi connectivity index (χ3n) is 6.47. The summed E-state index contributed by atoms with van der Waals surface area (Å²) >= 11 is 0. The van der Waals surface area contributed by atoms with Crippen LogP contribution in [-0.4, -0.2) is 42.3 Å². The largest absolute Gasteiger partial charge is 0.353 e. The maximum Gasteiger partial charge on any atom is 0.219 e. The average molecular weight is 389 g/mol. The molecule has 0 spiro atoms. The summed E-state index contributed by atoms with van der Waals surface area (Å²) < 4.78 is 13.0. The Morgan fingerprint density at radius 1 is 1.04 bits per heavy atom. The summed E-state index contributed by atoms with van der Waals surface area (Å²) in [4.78, 5) is 26.6. The topological polar surface area (TPSA) is 49.4 Å². The first-order valence-corrected chi connectivity index (χ1v) is 10.9. The minimum absolute atomic E-state index is 0.0688. The number of carbonyl (C=O) groups is 2. The number of piperidine rings is 1. The Labute approximate surface area is 167 Å². The van der Waals surface area contributed by atoms with E-state index < -0.39 is 0 Å². The molecule has 1 aromatic carbocycles. The molecule has 0 radical (unpaired) electrons. The lowest BCUT2D eigenvalue weighted by molar-refractivity contribution is -0.121. The lowest BCUT2D eigenvalue weighted by Gasteiger charge is -2.34. The molecule has 2 fully saturated rings. The number of nitrogens with one attached hydrogen (secondary N) is 1. The zero-order valence-corrected chi connectivity index (χ0v) is 17.0. The Bertz CT molecular complexity index is 645.